The molecule has 2 aliphatic rings. The van der Waals surface area contributed by atoms with Gasteiger partial charge < -0.3 is 10.1 Å². The summed E-state index contributed by atoms with van der Waals surface area (Å²) in [4.78, 5) is 44.6. The van der Waals surface area contributed by atoms with E-state index in [1.54, 1.807) is 26.0 Å². The molecule has 5 rings (SSSR count). The Labute approximate surface area is 200 Å². The van der Waals surface area contributed by atoms with Crippen LogP contribution in [0.5, 0.6) is 0 Å². The number of ether oxygens (including phenoxy) is 1. The van der Waals surface area contributed by atoms with E-state index in [9.17, 15) is 14.4 Å². The predicted octanol–water partition coefficient (Wildman–Crippen LogP) is 2.88. The molecule has 0 fully saturated rings. The van der Waals surface area contributed by atoms with Gasteiger partial charge in [0.05, 0.1) is 29.5 Å². The van der Waals surface area contributed by atoms with Crippen LogP contribution in [0.3, 0.4) is 0 Å². The topological polar surface area (TPSA) is 89.8 Å². The van der Waals surface area contributed by atoms with Crippen molar-refractivity contribution >= 4 is 50.4 Å². The van der Waals surface area contributed by atoms with E-state index in [1.807, 2.05) is 36.4 Å². The highest BCUT2D eigenvalue weighted by Gasteiger charge is 2.35. The highest BCUT2D eigenvalue weighted by atomic mass is 79.9. The summed E-state index contributed by atoms with van der Waals surface area (Å²) >= 11 is 4.71. The Kier molecular flexibility index (Phi) is 5.38. The summed E-state index contributed by atoms with van der Waals surface area (Å²) in [6.45, 7) is 3.66. The number of carbonyl (C=O) groups is 2. The molecule has 1 aromatic heterocycles. The van der Waals surface area contributed by atoms with Crippen LogP contribution in [0.15, 0.2) is 74.1 Å². The summed E-state index contributed by atoms with van der Waals surface area (Å²) < 4.78 is 7.83. The number of nitrogens with one attached hydrogen (secondary N) is 1. The molecule has 1 unspecified atom stereocenters. The number of esters is 1. The van der Waals surface area contributed by atoms with Crippen LogP contribution in [0.25, 0.3) is 5.57 Å². The monoisotopic (exact) mass is 523 g/mol. The SMILES string of the molecule is CCOC(=O)C1=C(C)N=c2s/c(=C3\C(=O)Nc4ccccc43)c(=O)n2C1c1ccccc1Br. The number of carbonyl (C=O) groups excluding carboxylic acids is 2. The van der Waals surface area contributed by atoms with Gasteiger partial charge in [0.25, 0.3) is 11.5 Å². The fourth-order valence-corrected chi connectivity index (χ4v) is 5.82. The molecular formula is C24H18BrN3O4S. The zero-order chi connectivity index (χ0) is 23.3. The number of hydrogen-bond donors (Lipinski definition) is 1. The van der Waals surface area contributed by atoms with E-state index in [0.29, 0.717) is 32.9 Å². The van der Waals surface area contributed by atoms with E-state index in [4.69, 9.17) is 4.74 Å². The Balaban J connectivity index is 1.85. The van der Waals surface area contributed by atoms with Gasteiger partial charge in [-0.1, -0.05) is 63.7 Å². The largest absolute Gasteiger partial charge is 0.463 e. The molecule has 7 nitrogen and oxygen atoms in total. The molecule has 0 saturated carbocycles. The van der Waals surface area contributed by atoms with Gasteiger partial charge >= 0.3 is 5.97 Å². The lowest BCUT2D eigenvalue weighted by atomic mass is 9.96. The summed E-state index contributed by atoms with van der Waals surface area (Å²) in [5, 5.41) is 2.82. The molecule has 0 saturated heterocycles. The Hall–Kier alpha value is -3.30. The molecular weight excluding hydrogens is 506 g/mol. The van der Waals surface area contributed by atoms with E-state index >= 15 is 0 Å². The predicted molar refractivity (Wildman–Crippen MR) is 129 cm³/mol. The number of aromatic nitrogens is 1. The van der Waals surface area contributed by atoms with Crippen molar-refractivity contribution in [2.24, 2.45) is 4.99 Å². The van der Waals surface area contributed by atoms with Gasteiger partial charge in [-0.25, -0.2) is 9.79 Å². The molecule has 33 heavy (non-hydrogen) atoms. The van der Waals surface area contributed by atoms with E-state index in [0.717, 1.165) is 21.4 Å². The van der Waals surface area contributed by atoms with Crippen LogP contribution >= 0.6 is 27.3 Å². The molecule has 1 amide bonds. The minimum Gasteiger partial charge on any atom is -0.463 e. The summed E-state index contributed by atoms with van der Waals surface area (Å²) in [5.41, 5.74) is 2.77. The molecule has 0 bridgehead atoms. The quantitative estimate of drug-likeness (QED) is 0.534. The number of benzene rings is 2. The van der Waals surface area contributed by atoms with Gasteiger partial charge in [0.2, 0.25) is 0 Å². The first-order chi connectivity index (χ1) is 15.9. The first kappa shape index (κ1) is 21.5. The van der Waals surface area contributed by atoms with Crippen molar-refractivity contribution in [3.05, 3.63) is 95.1 Å². The molecule has 166 valence electrons. The minimum atomic E-state index is -0.745. The Morgan fingerprint density at radius 1 is 1.18 bits per heavy atom. The second kappa shape index (κ2) is 8.24. The molecule has 2 aliphatic heterocycles. The maximum absolute atomic E-state index is 13.8. The van der Waals surface area contributed by atoms with Crippen molar-refractivity contribution in [3.8, 4) is 0 Å². The number of allylic oxidation sites excluding steroid dienone is 1. The van der Waals surface area contributed by atoms with Gasteiger partial charge in [0.15, 0.2) is 4.80 Å². The molecule has 9 heteroatoms. The molecule has 2 aromatic carbocycles. The second-order valence-electron chi connectivity index (χ2n) is 7.52. The Bertz CT molecular complexity index is 1550. The number of rotatable bonds is 3. The van der Waals surface area contributed by atoms with E-state index in [1.165, 1.54) is 4.57 Å². The lowest BCUT2D eigenvalue weighted by molar-refractivity contribution is -0.139. The lowest BCUT2D eigenvalue weighted by Crippen LogP contribution is -2.40. The van der Waals surface area contributed by atoms with Crippen molar-refractivity contribution in [1.29, 1.82) is 0 Å². The molecule has 0 spiro atoms. The molecule has 0 aliphatic carbocycles. The van der Waals surface area contributed by atoms with Gasteiger partial charge in [-0.15, -0.1) is 0 Å². The van der Waals surface area contributed by atoms with Crippen LogP contribution in [0.2, 0.25) is 0 Å². The highest BCUT2D eigenvalue weighted by Crippen LogP contribution is 2.35. The van der Waals surface area contributed by atoms with E-state index in [-0.39, 0.29) is 22.6 Å². The number of amides is 1. The van der Waals surface area contributed by atoms with Gasteiger partial charge in [0.1, 0.15) is 4.53 Å². The van der Waals surface area contributed by atoms with Crippen LogP contribution < -0.4 is 20.2 Å². The van der Waals surface area contributed by atoms with Crippen molar-refractivity contribution < 1.29 is 14.3 Å². The second-order valence-corrected chi connectivity index (χ2v) is 9.35. The van der Waals surface area contributed by atoms with Crippen LogP contribution in [-0.2, 0) is 14.3 Å². The maximum atomic E-state index is 13.8. The summed E-state index contributed by atoms with van der Waals surface area (Å²) in [6.07, 6.45) is 0. The number of hydrogen-bond acceptors (Lipinski definition) is 6. The Morgan fingerprint density at radius 3 is 2.67 bits per heavy atom. The summed E-state index contributed by atoms with van der Waals surface area (Å²) in [6, 6.07) is 13.9. The summed E-state index contributed by atoms with van der Waals surface area (Å²) in [5.74, 6) is -0.860. The molecule has 1 N–H and O–H groups in total. The van der Waals surface area contributed by atoms with Gasteiger partial charge in [-0.05, 0) is 31.5 Å². The first-order valence-corrected chi connectivity index (χ1v) is 11.9. The van der Waals surface area contributed by atoms with E-state index in [2.05, 4.69) is 26.2 Å². The van der Waals surface area contributed by atoms with Crippen molar-refractivity contribution in [3.63, 3.8) is 0 Å². The van der Waals surface area contributed by atoms with Crippen LogP contribution in [-0.4, -0.2) is 23.1 Å². The molecule has 3 heterocycles. The number of para-hydroxylation sites is 1. The number of thiazole rings is 1. The van der Waals surface area contributed by atoms with Gasteiger partial charge in [0, 0.05) is 15.7 Å². The lowest BCUT2D eigenvalue weighted by Gasteiger charge is -2.25. The number of anilines is 1. The number of nitrogens with zero attached hydrogens (tertiary/aromatic N) is 2. The fraction of sp³-hybridized carbons (Fsp3) is 0.167. The van der Waals surface area contributed by atoms with Crippen LogP contribution in [0, 0.1) is 0 Å². The smallest absolute Gasteiger partial charge is 0.338 e. The van der Waals surface area contributed by atoms with Gasteiger partial charge in [-0.2, -0.15) is 0 Å². The van der Waals surface area contributed by atoms with Crippen LogP contribution in [0.1, 0.15) is 31.0 Å². The van der Waals surface area contributed by atoms with Crippen molar-refractivity contribution in [2.45, 2.75) is 19.9 Å². The average molecular weight is 524 g/mol. The standard InChI is InChI=1S/C24H18BrN3O4S/c1-3-32-23(31)17-12(2)26-24-28(19(17)13-8-4-6-10-15(13)25)22(30)20(33-24)18-14-9-5-7-11-16(14)27-21(18)29/h4-11,19H,3H2,1-2H3,(H,27,29)/b20-18-. The average Bonchev–Trinajstić information content (AvgIpc) is 3.28. The molecule has 0 radical (unpaired) electrons. The zero-order valence-corrected chi connectivity index (χ0v) is 20.1. The first-order valence-electron chi connectivity index (χ1n) is 10.3. The minimum absolute atomic E-state index is 0.198. The third kappa shape index (κ3) is 3.39. The third-order valence-corrected chi connectivity index (χ3v) is 7.37. The molecule has 3 aromatic rings. The normalized spacial score (nSPS) is 18.4. The number of halogens is 1. The number of fused-ring (bicyclic) bond motifs is 2. The fourth-order valence-electron chi connectivity index (χ4n) is 4.18. The summed E-state index contributed by atoms with van der Waals surface area (Å²) in [7, 11) is 0. The third-order valence-electron chi connectivity index (χ3n) is 5.59. The van der Waals surface area contributed by atoms with Gasteiger partial charge in [-0.3, -0.25) is 14.2 Å². The van der Waals surface area contributed by atoms with Crippen LogP contribution in [0.4, 0.5) is 5.69 Å². The maximum Gasteiger partial charge on any atom is 0.338 e. The highest BCUT2D eigenvalue weighted by molar-refractivity contribution is 9.10. The Morgan fingerprint density at radius 2 is 1.91 bits per heavy atom. The van der Waals surface area contributed by atoms with Crippen molar-refractivity contribution in [1.82, 2.24) is 4.57 Å². The zero-order valence-electron chi connectivity index (χ0n) is 17.7. The molecule has 1 atom stereocenters. The van der Waals surface area contributed by atoms with Crippen molar-refractivity contribution in [2.75, 3.05) is 11.9 Å². The van der Waals surface area contributed by atoms with E-state index < -0.39 is 12.0 Å².